The number of carbonyl (C=O) groups excluding carboxylic acids is 1. The first-order valence-electron chi connectivity index (χ1n) is 7.88. The molecule has 1 aromatic carbocycles. The fourth-order valence-corrected chi connectivity index (χ4v) is 2.71. The molecule has 1 atom stereocenters. The van der Waals surface area contributed by atoms with Gasteiger partial charge in [0.15, 0.2) is 5.69 Å². The molecule has 24 heavy (non-hydrogen) atoms. The lowest BCUT2D eigenvalue weighted by atomic mass is 10.1. The number of phenolic OH excluding ortho intramolecular Hbond substituents is 1. The van der Waals surface area contributed by atoms with Crippen molar-refractivity contribution < 1.29 is 19.3 Å². The average Bonchev–Trinajstić information content (AvgIpc) is 3.10. The molecule has 2 N–H and O–H groups in total. The van der Waals surface area contributed by atoms with Crippen molar-refractivity contribution in [3.05, 3.63) is 41.7 Å². The SMILES string of the molecule is O=C(NCC[C@@H]1CN(Cc2cccc(O)c2)CCO1)c1cnon1. The highest BCUT2D eigenvalue weighted by atomic mass is 16.6. The first-order chi connectivity index (χ1) is 11.7. The van der Waals surface area contributed by atoms with Crippen LogP contribution in [0.25, 0.3) is 0 Å². The lowest BCUT2D eigenvalue weighted by Gasteiger charge is -2.33. The number of phenols is 1. The minimum absolute atomic E-state index is 0.0618. The fourth-order valence-electron chi connectivity index (χ4n) is 2.71. The molecule has 2 heterocycles. The molecule has 3 rings (SSSR count). The van der Waals surface area contributed by atoms with Crippen molar-refractivity contribution in [1.29, 1.82) is 0 Å². The lowest BCUT2D eigenvalue weighted by Crippen LogP contribution is -2.43. The Balaban J connectivity index is 1.43. The maximum Gasteiger partial charge on any atom is 0.275 e. The van der Waals surface area contributed by atoms with E-state index < -0.39 is 0 Å². The molecule has 0 unspecified atom stereocenters. The molecule has 0 aliphatic carbocycles. The molecule has 1 aromatic heterocycles. The minimum Gasteiger partial charge on any atom is -0.508 e. The molecule has 1 saturated heterocycles. The molecular formula is C16H20N4O4. The summed E-state index contributed by atoms with van der Waals surface area (Å²) in [6.07, 6.45) is 2.06. The van der Waals surface area contributed by atoms with Gasteiger partial charge in [0.1, 0.15) is 11.9 Å². The molecule has 1 aliphatic heterocycles. The molecule has 8 nitrogen and oxygen atoms in total. The number of carbonyl (C=O) groups is 1. The molecular weight excluding hydrogens is 312 g/mol. The number of aromatic nitrogens is 2. The molecule has 0 radical (unpaired) electrons. The molecule has 0 spiro atoms. The summed E-state index contributed by atoms with van der Waals surface area (Å²) in [7, 11) is 0. The van der Waals surface area contributed by atoms with E-state index in [1.807, 2.05) is 12.1 Å². The van der Waals surface area contributed by atoms with Crippen molar-refractivity contribution in [1.82, 2.24) is 20.5 Å². The van der Waals surface area contributed by atoms with E-state index in [2.05, 4.69) is 25.2 Å². The van der Waals surface area contributed by atoms with E-state index in [0.29, 0.717) is 19.6 Å². The summed E-state index contributed by atoms with van der Waals surface area (Å²) in [5.74, 6) is -0.0222. The van der Waals surface area contributed by atoms with Gasteiger partial charge < -0.3 is 15.2 Å². The van der Waals surface area contributed by atoms with Crippen LogP contribution in [-0.2, 0) is 11.3 Å². The maximum absolute atomic E-state index is 11.7. The topological polar surface area (TPSA) is 101 Å². The highest BCUT2D eigenvalue weighted by Crippen LogP contribution is 2.16. The number of nitrogens with one attached hydrogen (secondary N) is 1. The summed E-state index contributed by atoms with van der Waals surface area (Å²) < 4.78 is 10.2. The number of nitrogens with zero attached hydrogens (tertiary/aromatic N) is 3. The van der Waals surface area contributed by atoms with Gasteiger partial charge in [0.25, 0.3) is 5.91 Å². The number of rotatable bonds is 6. The Morgan fingerprint density at radius 1 is 1.46 bits per heavy atom. The van der Waals surface area contributed by atoms with Crippen molar-refractivity contribution in [2.75, 3.05) is 26.2 Å². The quantitative estimate of drug-likeness (QED) is 0.807. The van der Waals surface area contributed by atoms with Gasteiger partial charge in [-0.3, -0.25) is 9.69 Å². The van der Waals surface area contributed by atoms with Crippen LogP contribution in [0.15, 0.2) is 35.1 Å². The van der Waals surface area contributed by atoms with Gasteiger partial charge in [0.05, 0.1) is 12.7 Å². The van der Waals surface area contributed by atoms with Crippen LogP contribution < -0.4 is 5.32 Å². The van der Waals surface area contributed by atoms with Gasteiger partial charge in [-0.15, -0.1) is 0 Å². The number of hydrogen-bond donors (Lipinski definition) is 2. The van der Waals surface area contributed by atoms with Gasteiger partial charge in [-0.1, -0.05) is 17.3 Å². The van der Waals surface area contributed by atoms with E-state index in [0.717, 1.165) is 25.2 Å². The van der Waals surface area contributed by atoms with Crippen LogP contribution in [0.4, 0.5) is 0 Å². The second-order valence-electron chi connectivity index (χ2n) is 5.74. The fraction of sp³-hybridized carbons (Fsp3) is 0.438. The summed E-state index contributed by atoms with van der Waals surface area (Å²) in [5, 5.41) is 19.2. The first kappa shape index (κ1) is 16.4. The summed E-state index contributed by atoms with van der Waals surface area (Å²) in [6.45, 7) is 3.56. The Kier molecular flexibility index (Phi) is 5.39. The maximum atomic E-state index is 11.7. The summed E-state index contributed by atoms with van der Waals surface area (Å²) in [6, 6.07) is 7.28. The molecule has 128 valence electrons. The largest absolute Gasteiger partial charge is 0.508 e. The van der Waals surface area contributed by atoms with Gasteiger partial charge in [-0.2, -0.15) is 0 Å². The number of morpholine rings is 1. The third kappa shape index (κ3) is 4.53. The van der Waals surface area contributed by atoms with E-state index in [4.69, 9.17) is 4.74 Å². The Morgan fingerprint density at radius 2 is 2.38 bits per heavy atom. The molecule has 0 saturated carbocycles. The molecule has 1 fully saturated rings. The number of hydrogen-bond acceptors (Lipinski definition) is 7. The minimum atomic E-state index is -0.302. The van der Waals surface area contributed by atoms with Crippen LogP contribution in [-0.4, -0.2) is 58.6 Å². The predicted molar refractivity (Wildman–Crippen MR) is 84.4 cm³/mol. The van der Waals surface area contributed by atoms with E-state index >= 15 is 0 Å². The van der Waals surface area contributed by atoms with Crippen LogP contribution in [0.2, 0.25) is 0 Å². The van der Waals surface area contributed by atoms with E-state index in [-0.39, 0.29) is 23.5 Å². The van der Waals surface area contributed by atoms with Crippen LogP contribution in [0, 0.1) is 0 Å². The summed E-state index contributed by atoms with van der Waals surface area (Å²) in [4.78, 5) is 14.0. The van der Waals surface area contributed by atoms with Crippen molar-refractivity contribution >= 4 is 5.91 Å². The Bertz CT molecular complexity index is 662. The van der Waals surface area contributed by atoms with Gasteiger partial charge in [-0.05, 0) is 29.3 Å². The normalized spacial score (nSPS) is 18.4. The second kappa shape index (κ2) is 7.89. The number of ether oxygens (including phenoxy) is 1. The first-order valence-corrected chi connectivity index (χ1v) is 7.88. The zero-order valence-electron chi connectivity index (χ0n) is 13.2. The van der Waals surface area contributed by atoms with Crippen LogP contribution in [0.1, 0.15) is 22.5 Å². The lowest BCUT2D eigenvalue weighted by molar-refractivity contribution is -0.0342. The van der Waals surface area contributed by atoms with Crippen LogP contribution in [0.5, 0.6) is 5.75 Å². The van der Waals surface area contributed by atoms with Gasteiger partial charge in [0, 0.05) is 26.2 Å². The van der Waals surface area contributed by atoms with Crippen LogP contribution >= 0.6 is 0 Å². The highest BCUT2D eigenvalue weighted by Gasteiger charge is 2.21. The van der Waals surface area contributed by atoms with E-state index in [9.17, 15) is 9.90 Å². The summed E-state index contributed by atoms with van der Waals surface area (Å²) in [5.41, 5.74) is 1.24. The van der Waals surface area contributed by atoms with Crippen LogP contribution in [0.3, 0.4) is 0 Å². The Labute approximate surface area is 139 Å². The average molecular weight is 332 g/mol. The van der Waals surface area contributed by atoms with E-state index in [1.165, 1.54) is 6.20 Å². The van der Waals surface area contributed by atoms with E-state index in [1.54, 1.807) is 12.1 Å². The van der Waals surface area contributed by atoms with Crippen molar-refractivity contribution in [3.8, 4) is 5.75 Å². The smallest absolute Gasteiger partial charge is 0.275 e. The molecule has 1 amide bonds. The Hall–Kier alpha value is -2.45. The molecule has 1 aliphatic rings. The van der Waals surface area contributed by atoms with Crippen molar-refractivity contribution in [3.63, 3.8) is 0 Å². The van der Waals surface area contributed by atoms with Crippen molar-refractivity contribution in [2.24, 2.45) is 0 Å². The molecule has 2 aromatic rings. The third-order valence-corrected chi connectivity index (χ3v) is 3.89. The Morgan fingerprint density at radius 3 is 3.17 bits per heavy atom. The number of amides is 1. The summed E-state index contributed by atoms with van der Waals surface area (Å²) >= 11 is 0. The van der Waals surface area contributed by atoms with Gasteiger partial charge in [-0.25, -0.2) is 4.63 Å². The van der Waals surface area contributed by atoms with Gasteiger partial charge >= 0.3 is 0 Å². The highest BCUT2D eigenvalue weighted by molar-refractivity contribution is 5.91. The number of aromatic hydroxyl groups is 1. The predicted octanol–water partition coefficient (Wildman–Crippen LogP) is 0.796. The molecule has 8 heteroatoms. The zero-order chi connectivity index (χ0) is 16.8. The van der Waals surface area contributed by atoms with Gasteiger partial charge in [0.2, 0.25) is 0 Å². The van der Waals surface area contributed by atoms with Crippen molar-refractivity contribution in [2.45, 2.75) is 19.1 Å². The monoisotopic (exact) mass is 332 g/mol. The second-order valence-corrected chi connectivity index (χ2v) is 5.74. The molecule has 0 bridgehead atoms. The zero-order valence-corrected chi connectivity index (χ0v) is 13.2. The standard InChI is InChI=1S/C16H20N4O4/c21-13-3-1-2-12(8-13)10-20-6-7-23-14(11-20)4-5-17-16(22)15-9-18-24-19-15/h1-3,8-9,14,21H,4-7,10-11H2,(H,17,22)/t14-/m1/s1. The number of benzene rings is 1. The third-order valence-electron chi connectivity index (χ3n) is 3.89.